The lowest BCUT2D eigenvalue weighted by molar-refractivity contribution is 0.180. The molecule has 0 spiro atoms. The van der Waals surface area contributed by atoms with Crippen molar-refractivity contribution >= 4 is 5.69 Å². The summed E-state index contributed by atoms with van der Waals surface area (Å²) in [5.41, 5.74) is 8.87. The highest BCUT2D eigenvalue weighted by atomic mass is 16.3. The maximum atomic E-state index is 9.53. The van der Waals surface area contributed by atoms with Crippen LogP contribution in [0.25, 0.3) is 0 Å². The first kappa shape index (κ1) is 12.0. The number of aliphatic hydroxyl groups is 1. The highest BCUT2D eigenvalue weighted by molar-refractivity contribution is 5.52. The van der Waals surface area contributed by atoms with Crippen LogP contribution in [0.1, 0.15) is 17.5 Å². The number of nitrogens with two attached hydrogens (primary N) is 1. The molecule has 0 aliphatic carbocycles. The fourth-order valence-electron chi connectivity index (χ4n) is 1.45. The van der Waals surface area contributed by atoms with E-state index >= 15 is 0 Å². The minimum absolute atomic E-state index is 0.366. The van der Waals surface area contributed by atoms with Gasteiger partial charge in [0.05, 0.1) is 6.10 Å². The molecule has 4 N–H and O–H groups in total. The van der Waals surface area contributed by atoms with Crippen LogP contribution in [0.5, 0.6) is 0 Å². The van der Waals surface area contributed by atoms with Crippen molar-refractivity contribution in [3.8, 4) is 0 Å². The van der Waals surface area contributed by atoms with Gasteiger partial charge in [0.25, 0.3) is 0 Å². The first-order valence-corrected chi connectivity index (χ1v) is 5.32. The maximum absolute atomic E-state index is 9.53. The highest BCUT2D eigenvalue weighted by Crippen LogP contribution is 2.16. The van der Waals surface area contributed by atoms with Crippen LogP contribution in [0, 0.1) is 13.8 Å². The van der Waals surface area contributed by atoms with Crippen molar-refractivity contribution in [2.75, 3.05) is 18.4 Å². The van der Waals surface area contributed by atoms with E-state index in [4.69, 9.17) is 5.73 Å². The number of aryl methyl sites for hydroxylation is 2. The highest BCUT2D eigenvalue weighted by Gasteiger charge is 2.03. The molecule has 0 bridgehead atoms. The lowest BCUT2D eigenvalue weighted by Crippen LogP contribution is -2.22. The number of anilines is 1. The predicted molar refractivity (Wildman–Crippen MR) is 64.1 cm³/mol. The van der Waals surface area contributed by atoms with Crippen LogP contribution in [0.2, 0.25) is 0 Å². The van der Waals surface area contributed by atoms with Gasteiger partial charge in [-0.2, -0.15) is 0 Å². The summed E-state index contributed by atoms with van der Waals surface area (Å²) in [7, 11) is 0. The van der Waals surface area contributed by atoms with Gasteiger partial charge in [0.2, 0.25) is 0 Å². The molecule has 3 heteroatoms. The van der Waals surface area contributed by atoms with Gasteiger partial charge in [-0.05, 0) is 44.0 Å². The van der Waals surface area contributed by atoms with Gasteiger partial charge in [-0.15, -0.1) is 0 Å². The van der Waals surface area contributed by atoms with E-state index in [1.807, 2.05) is 0 Å². The van der Waals surface area contributed by atoms with E-state index in [0.717, 1.165) is 5.69 Å². The lowest BCUT2D eigenvalue weighted by atomic mass is 10.1. The van der Waals surface area contributed by atoms with Gasteiger partial charge in [-0.1, -0.05) is 12.1 Å². The van der Waals surface area contributed by atoms with Crippen molar-refractivity contribution < 1.29 is 5.11 Å². The van der Waals surface area contributed by atoms with Gasteiger partial charge in [0.15, 0.2) is 0 Å². The Kier molecular flexibility index (Phi) is 4.59. The second-order valence-corrected chi connectivity index (χ2v) is 3.93. The molecule has 0 heterocycles. The molecule has 0 saturated carbocycles. The van der Waals surface area contributed by atoms with Crippen molar-refractivity contribution in [1.29, 1.82) is 0 Å². The molecule has 0 aliphatic rings. The summed E-state index contributed by atoms with van der Waals surface area (Å²) in [6.07, 6.45) is 0.271. The van der Waals surface area contributed by atoms with Gasteiger partial charge in [0, 0.05) is 12.2 Å². The molecule has 1 unspecified atom stereocenters. The summed E-state index contributed by atoms with van der Waals surface area (Å²) in [4.78, 5) is 0. The Morgan fingerprint density at radius 3 is 2.80 bits per heavy atom. The maximum Gasteiger partial charge on any atom is 0.0724 e. The van der Waals surface area contributed by atoms with E-state index in [1.165, 1.54) is 11.1 Å². The summed E-state index contributed by atoms with van der Waals surface area (Å²) < 4.78 is 0. The molecular weight excluding hydrogens is 188 g/mol. The number of aliphatic hydroxyl groups excluding tert-OH is 1. The Morgan fingerprint density at radius 1 is 1.40 bits per heavy atom. The molecule has 0 saturated heterocycles. The number of nitrogens with one attached hydrogen (secondary N) is 1. The molecule has 0 aromatic heterocycles. The Hall–Kier alpha value is -1.06. The molecular formula is C12H20N2O. The monoisotopic (exact) mass is 208 g/mol. The van der Waals surface area contributed by atoms with E-state index in [1.54, 1.807) is 0 Å². The van der Waals surface area contributed by atoms with Gasteiger partial charge >= 0.3 is 0 Å². The lowest BCUT2D eigenvalue weighted by Gasteiger charge is -2.14. The van der Waals surface area contributed by atoms with Crippen LogP contribution in [0.4, 0.5) is 5.69 Å². The second-order valence-electron chi connectivity index (χ2n) is 3.93. The van der Waals surface area contributed by atoms with E-state index in [-0.39, 0.29) is 6.10 Å². The van der Waals surface area contributed by atoms with Gasteiger partial charge in [-0.3, -0.25) is 0 Å². The molecule has 84 valence electrons. The van der Waals surface area contributed by atoms with Crippen LogP contribution in [0.3, 0.4) is 0 Å². The Morgan fingerprint density at radius 2 is 2.13 bits per heavy atom. The smallest absolute Gasteiger partial charge is 0.0724 e. The van der Waals surface area contributed by atoms with Crippen molar-refractivity contribution in [3.05, 3.63) is 29.3 Å². The van der Waals surface area contributed by atoms with E-state index in [9.17, 15) is 5.11 Å². The molecule has 0 aliphatic heterocycles. The van der Waals surface area contributed by atoms with Crippen LogP contribution in [-0.2, 0) is 0 Å². The summed E-state index contributed by atoms with van der Waals surface area (Å²) in [6.45, 7) is 5.19. The van der Waals surface area contributed by atoms with Gasteiger partial charge < -0.3 is 16.2 Å². The molecule has 1 rings (SSSR count). The molecule has 0 amide bonds. The van der Waals surface area contributed by atoms with Gasteiger partial charge in [-0.25, -0.2) is 0 Å². The van der Waals surface area contributed by atoms with Crippen molar-refractivity contribution in [2.45, 2.75) is 26.4 Å². The Balaban J connectivity index is 2.53. The summed E-state index contributed by atoms with van der Waals surface area (Å²) in [6, 6.07) is 6.24. The Bertz CT molecular complexity index is 312. The average molecular weight is 208 g/mol. The first-order valence-electron chi connectivity index (χ1n) is 5.32. The van der Waals surface area contributed by atoms with Crippen molar-refractivity contribution in [1.82, 2.24) is 0 Å². The van der Waals surface area contributed by atoms with Crippen molar-refractivity contribution in [2.24, 2.45) is 5.73 Å². The summed E-state index contributed by atoms with van der Waals surface area (Å²) in [5, 5.41) is 12.8. The SMILES string of the molecule is Cc1ccc(C)c(NCC(O)CCN)c1. The third-order valence-electron chi connectivity index (χ3n) is 2.42. The zero-order valence-corrected chi connectivity index (χ0v) is 9.46. The largest absolute Gasteiger partial charge is 0.391 e. The van der Waals surface area contributed by atoms with E-state index in [0.29, 0.717) is 19.5 Å². The predicted octanol–water partition coefficient (Wildman–Crippen LogP) is 1.43. The molecule has 1 aromatic rings. The van der Waals surface area contributed by atoms with Crippen LogP contribution < -0.4 is 11.1 Å². The number of rotatable bonds is 5. The summed E-state index contributed by atoms with van der Waals surface area (Å²) >= 11 is 0. The summed E-state index contributed by atoms with van der Waals surface area (Å²) in [5.74, 6) is 0. The van der Waals surface area contributed by atoms with Crippen LogP contribution in [0.15, 0.2) is 18.2 Å². The fraction of sp³-hybridized carbons (Fsp3) is 0.500. The van der Waals surface area contributed by atoms with E-state index < -0.39 is 0 Å². The minimum Gasteiger partial charge on any atom is -0.391 e. The number of benzene rings is 1. The molecule has 0 radical (unpaired) electrons. The van der Waals surface area contributed by atoms with Crippen LogP contribution >= 0.6 is 0 Å². The van der Waals surface area contributed by atoms with Crippen molar-refractivity contribution in [3.63, 3.8) is 0 Å². The molecule has 1 atom stereocenters. The second kappa shape index (κ2) is 5.73. The average Bonchev–Trinajstić information content (AvgIpc) is 2.20. The number of hydrogen-bond donors (Lipinski definition) is 3. The zero-order valence-electron chi connectivity index (χ0n) is 9.46. The Labute approximate surface area is 91.3 Å². The number of hydrogen-bond acceptors (Lipinski definition) is 3. The van der Waals surface area contributed by atoms with Crippen LogP contribution in [-0.4, -0.2) is 24.3 Å². The standard InChI is InChI=1S/C12H20N2O/c1-9-3-4-10(2)12(7-9)14-8-11(15)5-6-13/h3-4,7,11,14-15H,5-6,8,13H2,1-2H3. The molecule has 0 fully saturated rings. The fourth-order valence-corrected chi connectivity index (χ4v) is 1.45. The molecule has 15 heavy (non-hydrogen) atoms. The molecule has 3 nitrogen and oxygen atoms in total. The molecule has 1 aromatic carbocycles. The topological polar surface area (TPSA) is 58.3 Å². The third-order valence-corrected chi connectivity index (χ3v) is 2.42. The normalized spacial score (nSPS) is 12.5. The minimum atomic E-state index is -0.366. The van der Waals surface area contributed by atoms with E-state index in [2.05, 4.69) is 37.4 Å². The quantitative estimate of drug-likeness (QED) is 0.686. The van der Waals surface area contributed by atoms with Gasteiger partial charge in [0.1, 0.15) is 0 Å². The first-order chi connectivity index (χ1) is 7.13. The zero-order chi connectivity index (χ0) is 11.3. The third kappa shape index (κ3) is 3.90.